The largest absolute Gasteiger partial charge is 0.359 e. The van der Waals surface area contributed by atoms with Crippen molar-refractivity contribution in [2.24, 2.45) is 5.92 Å². The molecule has 0 aromatic rings. The van der Waals surface area contributed by atoms with Crippen LogP contribution >= 0.6 is 0 Å². The van der Waals surface area contributed by atoms with E-state index in [1.54, 1.807) is 13.1 Å². The first-order valence-electron chi connectivity index (χ1n) is 6.71. The highest BCUT2D eigenvalue weighted by molar-refractivity contribution is 6.02. The van der Waals surface area contributed by atoms with Gasteiger partial charge in [-0.15, -0.1) is 5.06 Å². The third kappa shape index (κ3) is 4.14. The molecule has 0 unspecified atom stereocenters. The molecule has 1 aliphatic rings. The van der Waals surface area contributed by atoms with Gasteiger partial charge in [0.1, 0.15) is 0 Å². The Balaban J connectivity index is 2.80. The fourth-order valence-electron chi connectivity index (χ4n) is 1.99. The number of amides is 3. The highest BCUT2D eigenvalue weighted by Gasteiger charge is 2.33. The van der Waals surface area contributed by atoms with Crippen LogP contribution in [0.1, 0.15) is 33.6 Å². The van der Waals surface area contributed by atoms with E-state index in [-0.39, 0.29) is 30.4 Å². The number of hydroxylamine groups is 2. The minimum absolute atomic E-state index is 0.0530. The predicted molar refractivity (Wildman–Crippen MR) is 73.4 cm³/mol. The van der Waals surface area contributed by atoms with Gasteiger partial charge in [0.15, 0.2) is 0 Å². The molecule has 1 atom stereocenters. The fraction of sp³-hybridized carbons (Fsp3) is 0.571. The van der Waals surface area contributed by atoms with Crippen LogP contribution in [0.3, 0.4) is 0 Å². The Bertz CT molecular complexity index is 468. The Kier molecular flexibility index (Phi) is 5.63. The molecule has 1 rings (SSSR count). The zero-order chi connectivity index (χ0) is 16.2. The number of hydrogen-bond donors (Lipinski definition) is 0. The Morgan fingerprint density at radius 3 is 2.24 bits per heavy atom. The molecule has 1 aliphatic heterocycles. The maximum absolute atomic E-state index is 11.9. The predicted octanol–water partition coefficient (Wildman–Crippen LogP) is 0.653. The summed E-state index contributed by atoms with van der Waals surface area (Å²) in [6.45, 7) is 5.34. The van der Waals surface area contributed by atoms with Crippen molar-refractivity contribution in [3.05, 3.63) is 11.6 Å². The molecule has 21 heavy (non-hydrogen) atoms. The third-order valence-electron chi connectivity index (χ3n) is 3.24. The van der Waals surface area contributed by atoms with Gasteiger partial charge in [-0.1, -0.05) is 19.9 Å². The standard InChI is InChI=1S/C14H20N2O5/c1-9(2)11(15(4)8-17)7-10(3)14(20)21-16-12(18)5-6-13(16)19/h7-9,11H,5-6H2,1-4H3/b10-7+/t11-/m1/s1. The van der Waals surface area contributed by atoms with E-state index in [0.29, 0.717) is 11.5 Å². The third-order valence-corrected chi connectivity index (χ3v) is 3.24. The Morgan fingerprint density at radius 2 is 1.81 bits per heavy atom. The van der Waals surface area contributed by atoms with Crippen LogP contribution < -0.4 is 0 Å². The molecule has 0 N–H and O–H groups in total. The highest BCUT2D eigenvalue weighted by atomic mass is 16.7. The van der Waals surface area contributed by atoms with Crippen molar-refractivity contribution in [2.75, 3.05) is 7.05 Å². The van der Waals surface area contributed by atoms with E-state index >= 15 is 0 Å². The average molecular weight is 296 g/mol. The van der Waals surface area contributed by atoms with Gasteiger partial charge in [0.25, 0.3) is 11.8 Å². The lowest BCUT2D eigenvalue weighted by Crippen LogP contribution is -2.35. The van der Waals surface area contributed by atoms with E-state index < -0.39 is 17.8 Å². The van der Waals surface area contributed by atoms with Crippen LogP contribution in [-0.2, 0) is 24.0 Å². The van der Waals surface area contributed by atoms with Crippen molar-refractivity contribution >= 4 is 24.2 Å². The van der Waals surface area contributed by atoms with Gasteiger partial charge in [-0.25, -0.2) is 4.79 Å². The SMILES string of the molecule is C/C(=C\[C@H](C(C)C)N(C)C=O)C(=O)ON1C(=O)CCC1=O. The number of carbonyl (C=O) groups is 4. The van der Waals surface area contributed by atoms with Crippen LogP contribution in [0, 0.1) is 5.92 Å². The second-order valence-corrected chi connectivity index (χ2v) is 5.32. The molecule has 7 nitrogen and oxygen atoms in total. The number of imide groups is 1. The molecule has 1 fully saturated rings. The average Bonchev–Trinajstić information content (AvgIpc) is 2.74. The zero-order valence-electron chi connectivity index (χ0n) is 12.7. The van der Waals surface area contributed by atoms with Gasteiger partial charge in [0.05, 0.1) is 6.04 Å². The van der Waals surface area contributed by atoms with Gasteiger partial charge >= 0.3 is 5.97 Å². The quantitative estimate of drug-likeness (QED) is 0.408. The summed E-state index contributed by atoms with van der Waals surface area (Å²) in [7, 11) is 1.61. The molecule has 0 aromatic heterocycles. The van der Waals surface area contributed by atoms with Gasteiger partial charge in [-0.2, -0.15) is 0 Å². The monoisotopic (exact) mass is 296 g/mol. The van der Waals surface area contributed by atoms with E-state index in [2.05, 4.69) is 0 Å². The Labute approximate surface area is 123 Å². The van der Waals surface area contributed by atoms with Crippen molar-refractivity contribution in [3.63, 3.8) is 0 Å². The topological polar surface area (TPSA) is 84.0 Å². The van der Waals surface area contributed by atoms with Crippen molar-refractivity contribution in [1.29, 1.82) is 0 Å². The molecule has 0 aliphatic carbocycles. The molecule has 0 saturated carbocycles. The van der Waals surface area contributed by atoms with Gasteiger partial charge in [-0.3, -0.25) is 14.4 Å². The smallest absolute Gasteiger partial charge is 0.342 e. The number of likely N-dealkylation sites (N-methyl/N-ethyl adjacent to an activating group) is 1. The van der Waals surface area contributed by atoms with E-state index in [0.717, 1.165) is 0 Å². The molecule has 3 amide bonds. The molecule has 7 heteroatoms. The van der Waals surface area contributed by atoms with Crippen LogP contribution in [0.25, 0.3) is 0 Å². The molecular formula is C14H20N2O5. The number of rotatable bonds is 6. The summed E-state index contributed by atoms with van der Waals surface area (Å²) >= 11 is 0. The lowest BCUT2D eigenvalue weighted by molar-refractivity contribution is -0.194. The van der Waals surface area contributed by atoms with Crippen LogP contribution in [0.5, 0.6) is 0 Å². The maximum Gasteiger partial charge on any atom is 0.359 e. The Hall–Kier alpha value is -2.18. The number of carbonyl (C=O) groups excluding carboxylic acids is 4. The van der Waals surface area contributed by atoms with Gasteiger partial charge in [-0.05, 0) is 12.8 Å². The summed E-state index contributed by atoms with van der Waals surface area (Å²) < 4.78 is 0. The second-order valence-electron chi connectivity index (χ2n) is 5.32. The first-order valence-corrected chi connectivity index (χ1v) is 6.71. The summed E-state index contributed by atoms with van der Waals surface area (Å²) in [6, 6.07) is -0.278. The van der Waals surface area contributed by atoms with Crippen LogP contribution in [0.15, 0.2) is 11.6 Å². The van der Waals surface area contributed by atoms with Crippen LogP contribution in [-0.4, -0.2) is 47.2 Å². The van der Waals surface area contributed by atoms with Crippen molar-refractivity contribution in [1.82, 2.24) is 9.96 Å². The van der Waals surface area contributed by atoms with Gasteiger partial charge in [0, 0.05) is 25.5 Å². The molecule has 0 bridgehead atoms. The summed E-state index contributed by atoms with van der Waals surface area (Å²) in [4.78, 5) is 51.8. The van der Waals surface area contributed by atoms with E-state index in [1.807, 2.05) is 13.8 Å². The van der Waals surface area contributed by atoms with Crippen molar-refractivity contribution in [2.45, 2.75) is 39.7 Å². The highest BCUT2D eigenvalue weighted by Crippen LogP contribution is 2.16. The summed E-state index contributed by atoms with van der Waals surface area (Å²) in [6.07, 6.45) is 2.37. The van der Waals surface area contributed by atoms with Crippen molar-refractivity contribution in [3.8, 4) is 0 Å². The zero-order valence-corrected chi connectivity index (χ0v) is 12.7. The van der Waals surface area contributed by atoms with Crippen molar-refractivity contribution < 1.29 is 24.0 Å². The molecule has 0 spiro atoms. The Morgan fingerprint density at radius 1 is 1.29 bits per heavy atom. The van der Waals surface area contributed by atoms with E-state index in [1.165, 1.54) is 11.8 Å². The maximum atomic E-state index is 11.9. The van der Waals surface area contributed by atoms with E-state index in [9.17, 15) is 19.2 Å². The molecule has 1 heterocycles. The van der Waals surface area contributed by atoms with E-state index in [4.69, 9.17) is 4.84 Å². The number of hydrogen-bond acceptors (Lipinski definition) is 5. The van der Waals surface area contributed by atoms with Gasteiger partial charge < -0.3 is 9.74 Å². The van der Waals surface area contributed by atoms with Crippen LogP contribution in [0.2, 0.25) is 0 Å². The lowest BCUT2D eigenvalue weighted by atomic mass is 10.0. The number of nitrogens with zero attached hydrogens (tertiary/aromatic N) is 2. The van der Waals surface area contributed by atoms with Gasteiger partial charge in [0.2, 0.25) is 6.41 Å². The fourth-order valence-corrected chi connectivity index (χ4v) is 1.99. The van der Waals surface area contributed by atoms with Crippen LogP contribution in [0.4, 0.5) is 0 Å². The second kappa shape index (κ2) is 7.01. The normalized spacial score (nSPS) is 17.2. The lowest BCUT2D eigenvalue weighted by Gasteiger charge is -2.25. The molecule has 1 saturated heterocycles. The summed E-state index contributed by atoms with van der Waals surface area (Å²) in [5.74, 6) is -1.72. The molecule has 0 radical (unpaired) electrons. The first kappa shape index (κ1) is 16.9. The molecule has 0 aromatic carbocycles. The summed E-state index contributed by atoms with van der Waals surface area (Å²) in [5.41, 5.74) is 0.231. The minimum Gasteiger partial charge on any atom is -0.342 e. The molecular weight excluding hydrogens is 276 g/mol. The minimum atomic E-state index is -0.774. The summed E-state index contributed by atoms with van der Waals surface area (Å²) in [5, 5.41) is 0.507. The first-order chi connectivity index (χ1) is 9.77. The molecule has 116 valence electrons.